The molecular formula is C14H15N3O5. The maximum Gasteiger partial charge on any atom is 0.341 e. The van der Waals surface area contributed by atoms with Crippen LogP contribution < -0.4 is 16.9 Å². The van der Waals surface area contributed by atoms with Gasteiger partial charge < -0.3 is 20.0 Å². The van der Waals surface area contributed by atoms with Gasteiger partial charge in [0.1, 0.15) is 11.1 Å². The Morgan fingerprint density at radius 1 is 0.955 bits per heavy atom. The molecule has 0 bridgehead atoms. The van der Waals surface area contributed by atoms with Crippen LogP contribution in [0.5, 0.6) is 0 Å². The molecule has 0 spiro atoms. The maximum atomic E-state index is 11.1. The van der Waals surface area contributed by atoms with E-state index in [1.807, 2.05) is 0 Å². The number of aryl methyl sites for hydroxylation is 2. The number of nitrogens with two attached hydrogens (primary N) is 1. The lowest BCUT2D eigenvalue weighted by Crippen LogP contribution is -2.27. The Bertz CT molecular complexity index is 750. The van der Waals surface area contributed by atoms with E-state index in [0.29, 0.717) is 0 Å². The van der Waals surface area contributed by atoms with Gasteiger partial charge in [-0.1, -0.05) is 0 Å². The number of pyridine rings is 2. The fraction of sp³-hybridized carbons (Fsp3) is 0.143. The van der Waals surface area contributed by atoms with Crippen LogP contribution in [0, 0.1) is 0 Å². The highest BCUT2D eigenvalue weighted by atomic mass is 16.4. The fourth-order valence-electron chi connectivity index (χ4n) is 1.54. The molecule has 0 aliphatic heterocycles. The Morgan fingerprint density at radius 2 is 1.36 bits per heavy atom. The molecule has 0 atom stereocenters. The first kappa shape index (κ1) is 16.9. The summed E-state index contributed by atoms with van der Waals surface area (Å²) in [4.78, 5) is 43.0. The predicted octanol–water partition coefficient (Wildman–Crippen LogP) is -0.432. The lowest BCUT2D eigenvalue weighted by Gasteiger charge is -1.97. The van der Waals surface area contributed by atoms with Crippen molar-refractivity contribution in [2.75, 3.05) is 0 Å². The predicted molar refractivity (Wildman–Crippen MR) is 78.8 cm³/mol. The van der Waals surface area contributed by atoms with Crippen molar-refractivity contribution in [3.63, 3.8) is 0 Å². The van der Waals surface area contributed by atoms with Crippen molar-refractivity contribution in [3.05, 3.63) is 68.5 Å². The minimum absolute atomic E-state index is 0.0231. The summed E-state index contributed by atoms with van der Waals surface area (Å²) in [6, 6.07) is 5.81. The molecule has 3 N–H and O–H groups in total. The average Bonchev–Trinajstić information content (AvgIpc) is 2.45. The number of carbonyl (C=O) groups excluding carboxylic acids is 1. The van der Waals surface area contributed by atoms with Gasteiger partial charge >= 0.3 is 5.97 Å². The van der Waals surface area contributed by atoms with E-state index in [9.17, 15) is 19.2 Å². The third-order valence-electron chi connectivity index (χ3n) is 2.74. The maximum absolute atomic E-state index is 11.1. The first-order chi connectivity index (χ1) is 10.3. The molecule has 0 saturated heterocycles. The summed E-state index contributed by atoms with van der Waals surface area (Å²) in [6.07, 6.45) is 3.07. The number of primary amides is 1. The zero-order valence-electron chi connectivity index (χ0n) is 12.0. The second-order valence-electron chi connectivity index (χ2n) is 4.35. The van der Waals surface area contributed by atoms with Crippen LogP contribution in [0.3, 0.4) is 0 Å². The van der Waals surface area contributed by atoms with E-state index < -0.39 is 17.4 Å². The molecule has 8 nitrogen and oxygen atoms in total. The Labute approximate surface area is 125 Å². The van der Waals surface area contributed by atoms with Gasteiger partial charge in [-0.2, -0.15) is 0 Å². The molecular weight excluding hydrogens is 290 g/mol. The van der Waals surface area contributed by atoms with Crippen molar-refractivity contribution >= 4 is 11.9 Å². The van der Waals surface area contributed by atoms with Crippen molar-refractivity contribution in [2.45, 2.75) is 0 Å². The van der Waals surface area contributed by atoms with Gasteiger partial charge in [-0.15, -0.1) is 0 Å². The molecule has 116 valence electrons. The number of carboxylic acid groups (broad SMARTS) is 1. The van der Waals surface area contributed by atoms with Gasteiger partial charge in [0.05, 0.1) is 0 Å². The monoisotopic (exact) mass is 305 g/mol. The first-order valence-electron chi connectivity index (χ1n) is 6.10. The van der Waals surface area contributed by atoms with Crippen LogP contribution >= 0.6 is 0 Å². The number of nitrogens with zero attached hydrogens (tertiary/aromatic N) is 2. The highest BCUT2D eigenvalue weighted by Gasteiger charge is 2.07. The summed E-state index contributed by atoms with van der Waals surface area (Å²) >= 11 is 0. The number of hydrogen-bond donors (Lipinski definition) is 2. The van der Waals surface area contributed by atoms with Crippen molar-refractivity contribution in [3.8, 4) is 0 Å². The second-order valence-corrected chi connectivity index (χ2v) is 4.35. The Hall–Kier alpha value is -3.16. The summed E-state index contributed by atoms with van der Waals surface area (Å²) < 4.78 is 2.53. The smallest absolute Gasteiger partial charge is 0.341 e. The molecule has 2 aromatic rings. The molecule has 2 aromatic heterocycles. The number of aromatic carboxylic acids is 1. The zero-order chi connectivity index (χ0) is 16.9. The van der Waals surface area contributed by atoms with Crippen LogP contribution in [0.1, 0.15) is 20.7 Å². The summed E-state index contributed by atoms with van der Waals surface area (Å²) in [5.41, 5.74) is 3.91. The third-order valence-corrected chi connectivity index (χ3v) is 2.74. The van der Waals surface area contributed by atoms with Gasteiger partial charge in [0, 0.05) is 26.5 Å². The summed E-state index contributed by atoms with van der Waals surface area (Å²) in [5.74, 6) is -1.88. The van der Waals surface area contributed by atoms with Gasteiger partial charge in [0.2, 0.25) is 0 Å². The van der Waals surface area contributed by atoms with Crippen LogP contribution in [0.25, 0.3) is 0 Å². The highest BCUT2D eigenvalue weighted by molar-refractivity contribution is 5.92. The molecule has 0 aromatic carbocycles. The summed E-state index contributed by atoms with van der Waals surface area (Å²) in [5, 5.41) is 8.48. The standard InChI is InChI=1S/C7H8N2O2.C7H7NO3/c1-9-4-2-3-5(6(8)10)7(9)11;1-8-4-2-3-5(6(8)9)7(10)11/h2-4H,1H3,(H2,8,10);2-4H,1H3,(H,10,11). The van der Waals surface area contributed by atoms with Crippen molar-refractivity contribution in [1.82, 2.24) is 9.13 Å². The number of aromatic nitrogens is 2. The van der Waals surface area contributed by atoms with E-state index in [1.54, 1.807) is 19.3 Å². The quantitative estimate of drug-likeness (QED) is 0.778. The van der Waals surface area contributed by atoms with Crippen molar-refractivity contribution in [2.24, 2.45) is 19.8 Å². The fourth-order valence-corrected chi connectivity index (χ4v) is 1.54. The zero-order valence-corrected chi connectivity index (χ0v) is 12.0. The molecule has 2 heterocycles. The SMILES string of the molecule is Cn1cccc(C(=O)O)c1=O.Cn1cccc(C(N)=O)c1=O. The summed E-state index contributed by atoms with van der Waals surface area (Å²) in [7, 11) is 3.07. The number of carboxylic acids is 1. The van der Waals surface area contributed by atoms with E-state index in [2.05, 4.69) is 0 Å². The van der Waals surface area contributed by atoms with Gasteiger partial charge in [-0.05, 0) is 24.3 Å². The van der Waals surface area contributed by atoms with Crippen LogP contribution in [-0.4, -0.2) is 26.1 Å². The second kappa shape index (κ2) is 7.02. The number of amides is 1. The minimum atomic E-state index is -1.19. The third kappa shape index (κ3) is 3.92. The van der Waals surface area contributed by atoms with Crippen molar-refractivity contribution in [1.29, 1.82) is 0 Å². The molecule has 0 aliphatic carbocycles. The number of rotatable bonds is 2. The average molecular weight is 305 g/mol. The van der Waals surface area contributed by atoms with Crippen LogP contribution in [-0.2, 0) is 14.1 Å². The molecule has 1 amide bonds. The molecule has 22 heavy (non-hydrogen) atoms. The Balaban J connectivity index is 0.000000220. The lowest BCUT2D eigenvalue weighted by atomic mass is 10.3. The molecule has 8 heteroatoms. The Kier molecular flexibility index (Phi) is 5.39. The van der Waals surface area contributed by atoms with Crippen LogP contribution in [0.4, 0.5) is 0 Å². The number of carbonyl (C=O) groups is 2. The molecule has 0 saturated carbocycles. The Morgan fingerprint density at radius 3 is 1.68 bits per heavy atom. The summed E-state index contributed by atoms with van der Waals surface area (Å²) in [6.45, 7) is 0. The molecule has 0 unspecified atom stereocenters. The lowest BCUT2D eigenvalue weighted by molar-refractivity contribution is 0.0694. The normalized spacial score (nSPS) is 9.55. The molecule has 0 fully saturated rings. The highest BCUT2D eigenvalue weighted by Crippen LogP contribution is 1.89. The molecule has 0 aliphatic rings. The number of hydrogen-bond acceptors (Lipinski definition) is 4. The van der Waals surface area contributed by atoms with Gasteiger partial charge in [-0.25, -0.2) is 4.79 Å². The largest absolute Gasteiger partial charge is 0.477 e. The van der Waals surface area contributed by atoms with E-state index in [-0.39, 0.29) is 16.7 Å². The van der Waals surface area contributed by atoms with Gasteiger partial charge in [-0.3, -0.25) is 14.4 Å². The van der Waals surface area contributed by atoms with Crippen molar-refractivity contribution < 1.29 is 14.7 Å². The van der Waals surface area contributed by atoms with E-state index in [0.717, 1.165) is 0 Å². The van der Waals surface area contributed by atoms with E-state index >= 15 is 0 Å². The molecule has 2 rings (SSSR count). The van der Waals surface area contributed by atoms with E-state index in [4.69, 9.17) is 10.8 Å². The topological polar surface area (TPSA) is 124 Å². The minimum Gasteiger partial charge on any atom is -0.477 e. The van der Waals surface area contributed by atoms with E-state index in [1.165, 1.54) is 40.6 Å². The van der Waals surface area contributed by atoms with Gasteiger partial charge in [0.15, 0.2) is 0 Å². The molecule has 0 radical (unpaired) electrons. The van der Waals surface area contributed by atoms with Crippen LogP contribution in [0.15, 0.2) is 46.2 Å². The van der Waals surface area contributed by atoms with Gasteiger partial charge in [0.25, 0.3) is 17.0 Å². The first-order valence-corrected chi connectivity index (χ1v) is 6.10. The van der Waals surface area contributed by atoms with Crippen LogP contribution in [0.2, 0.25) is 0 Å².